The maximum absolute atomic E-state index is 14.5. The SMILES string of the molecule is CC(C)(C)C1CCN(C#N)C1C(=O)N(c1ccc(S(F)(F)(F)(F)F)cc1)C(C(=O)NC1CCC(F)(F)CC1)c1cncc(F)c1. The molecular formula is C29H33F8N5O2S. The number of nitriles is 1. The molecule has 2 aromatic rings. The van der Waals surface area contributed by atoms with Gasteiger partial charge in [0.15, 0.2) is 6.19 Å². The average Bonchev–Trinajstić information content (AvgIpc) is 3.36. The Labute approximate surface area is 255 Å². The Bertz CT molecular complexity index is 1480. The molecule has 2 amide bonds. The van der Waals surface area contributed by atoms with Crippen LogP contribution in [0.2, 0.25) is 0 Å². The number of carbonyl (C=O) groups excluding carboxylic acids is 2. The van der Waals surface area contributed by atoms with Crippen molar-refractivity contribution in [1.82, 2.24) is 15.2 Å². The largest absolute Gasteiger partial charge is 0.351 e. The Morgan fingerprint density at radius 3 is 2.18 bits per heavy atom. The van der Waals surface area contributed by atoms with Crippen LogP contribution < -0.4 is 10.2 Å². The number of amides is 2. The third kappa shape index (κ3) is 7.79. The van der Waals surface area contributed by atoms with Crippen LogP contribution in [0.25, 0.3) is 0 Å². The highest BCUT2D eigenvalue weighted by atomic mass is 32.5. The zero-order valence-electron chi connectivity index (χ0n) is 24.6. The summed E-state index contributed by atoms with van der Waals surface area (Å²) in [4.78, 5) is 31.9. The first-order valence-electron chi connectivity index (χ1n) is 14.1. The van der Waals surface area contributed by atoms with Gasteiger partial charge < -0.3 is 5.32 Å². The Balaban J connectivity index is 1.88. The molecule has 4 rings (SSSR count). The van der Waals surface area contributed by atoms with Gasteiger partial charge in [0.2, 0.25) is 11.8 Å². The van der Waals surface area contributed by atoms with Gasteiger partial charge in [-0.3, -0.25) is 24.4 Å². The van der Waals surface area contributed by atoms with Gasteiger partial charge in [-0.05, 0) is 60.9 Å². The minimum absolute atomic E-state index is 0.0805. The fourth-order valence-electron chi connectivity index (χ4n) is 5.99. The molecular weight excluding hydrogens is 634 g/mol. The van der Waals surface area contributed by atoms with Crippen molar-refractivity contribution >= 4 is 27.7 Å². The molecule has 1 aliphatic heterocycles. The Morgan fingerprint density at radius 1 is 1.07 bits per heavy atom. The first kappa shape index (κ1) is 34.3. The topological polar surface area (TPSA) is 89.3 Å². The Hall–Kier alpha value is -3.61. The molecule has 0 bridgehead atoms. The highest BCUT2D eigenvalue weighted by Gasteiger charge is 2.65. The van der Waals surface area contributed by atoms with E-state index in [-0.39, 0.29) is 37.1 Å². The number of benzene rings is 1. The lowest BCUT2D eigenvalue weighted by Crippen LogP contribution is -2.54. The van der Waals surface area contributed by atoms with Crippen LogP contribution in [-0.2, 0) is 9.59 Å². The number of alkyl halides is 2. The molecule has 2 fully saturated rings. The number of likely N-dealkylation sites (tertiary alicyclic amines) is 1. The maximum Gasteiger partial charge on any atom is 0.310 e. The average molecular weight is 668 g/mol. The van der Waals surface area contributed by atoms with Crippen molar-refractivity contribution in [2.24, 2.45) is 11.3 Å². The van der Waals surface area contributed by atoms with Gasteiger partial charge in [-0.25, -0.2) is 13.2 Å². The number of nitrogens with one attached hydrogen (secondary N) is 1. The summed E-state index contributed by atoms with van der Waals surface area (Å²) in [5.74, 6) is -6.31. The van der Waals surface area contributed by atoms with Crippen molar-refractivity contribution in [1.29, 1.82) is 5.26 Å². The summed E-state index contributed by atoms with van der Waals surface area (Å²) in [7, 11) is -10.1. The van der Waals surface area contributed by atoms with Crippen molar-refractivity contribution in [2.75, 3.05) is 11.4 Å². The molecule has 0 radical (unpaired) electrons. The second kappa shape index (κ2) is 11.0. The third-order valence-corrected chi connectivity index (χ3v) is 9.46. The van der Waals surface area contributed by atoms with E-state index in [0.29, 0.717) is 18.6 Å². The van der Waals surface area contributed by atoms with E-state index in [4.69, 9.17) is 0 Å². The Kier molecular flexibility index (Phi) is 8.40. The van der Waals surface area contributed by atoms with Crippen molar-refractivity contribution in [3.63, 3.8) is 0 Å². The molecule has 1 N–H and O–H groups in total. The summed E-state index contributed by atoms with van der Waals surface area (Å²) >= 11 is 0. The molecule has 248 valence electrons. The summed E-state index contributed by atoms with van der Waals surface area (Å²) in [5.41, 5.74) is -1.25. The summed E-state index contributed by atoms with van der Waals surface area (Å²) in [6.45, 7) is 5.57. The number of aromatic nitrogens is 1. The van der Waals surface area contributed by atoms with E-state index >= 15 is 0 Å². The van der Waals surface area contributed by atoms with Crippen LogP contribution in [0.1, 0.15) is 64.5 Å². The van der Waals surface area contributed by atoms with Gasteiger partial charge in [-0.2, -0.15) is 5.26 Å². The lowest BCUT2D eigenvalue weighted by atomic mass is 9.75. The van der Waals surface area contributed by atoms with Crippen LogP contribution in [0.4, 0.5) is 38.3 Å². The summed E-state index contributed by atoms with van der Waals surface area (Å²) in [6.07, 6.45) is 2.82. The van der Waals surface area contributed by atoms with Crippen LogP contribution in [0.15, 0.2) is 47.6 Å². The third-order valence-electron chi connectivity index (χ3n) is 8.30. The minimum Gasteiger partial charge on any atom is -0.351 e. The van der Waals surface area contributed by atoms with Crippen LogP contribution in [-0.4, -0.2) is 46.2 Å². The van der Waals surface area contributed by atoms with Gasteiger partial charge >= 0.3 is 10.2 Å². The molecule has 1 aromatic heterocycles. The highest BCUT2D eigenvalue weighted by molar-refractivity contribution is 8.45. The standard InChI is InChI=1S/C29H33F8N5O2S/c1-28(2,3)23-10-13-41(17-38)25(23)27(44)42(21-4-6-22(7-5-21)45(33,34,35,36)37)24(18-14-19(30)16-39-15-18)26(43)40-20-8-11-29(31,32)12-9-20/h4-7,14-16,20,23-25H,8-13H2,1-3H3,(H,40,43). The molecule has 3 unspecified atom stereocenters. The molecule has 1 saturated carbocycles. The monoisotopic (exact) mass is 667 g/mol. The van der Waals surface area contributed by atoms with Gasteiger partial charge in [-0.15, -0.1) is 0 Å². The highest BCUT2D eigenvalue weighted by Crippen LogP contribution is 3.02. The second-order valence-electron chi connectivity index (χ2n) is 12.6. The normalized spacial score (nSPS) is 22.9. The Morgan fingerprint density at radius 2 is 1.67 bits per heavy atom. The van der Waals surface area contributed by atoms with Crippen LogP contribution in [0.5, 0.6) is 0 Å². The van der Waals surface area contributed by atoms with Gasteiger partial charge in [0, 0.05) is 42.9 Å². The number of hydrogen-bond donors (Lipinski definition) is 1. The molecule has 3 atom stereocenters. The maximum atomic E-state index is 14.5. The van der Waals surface area contributed by atoms with Crippen LogP contribution in [0, 0.1) is 28.6 Å². The number of halogens is 8. The van der Waals surface area contributed by atoms with E-state index in [9.17, 15) is 47.5 Å². The molecule has 16 heteroatoms. The number of nitrogens with zero attached hydrogens (tertiary/aromatic N) is 4. The van der Waals surface area contributed by atoms with Crippen molar-refractivity contribution in [3.8, 4) is 6.19 Å². The lowest BCUT2D eigenvalue weighted by Gasteiger charge is -2.41. The first-order valence-corrected chi connectivity index (χ1v) is 16.1. The molecule has 7 nitrogen and oxygen atoms in total. The molecule has 2 heterocycles. The molecule has 1 saturated heterocycles. The summed E-state index contributed by atoms with van der Waals surface area (Å²) in [6, 6.07) is -1.64. The minimum atomic E-state index is -10.1. The predicted octanol–water partition coefficient (Wildman–Crippen LogP) is 7.86. The quantitative estimate of drug-likeness (QED) is 0.240. The van der Waals surface area contributed by atoms with E-state index in [1.165, 1.54) is 0 Å². The van der Waals surface area contributed by atoms with E-state index in [1.54, 1.807) is 0 Å². The van der Waals surface area contributed by atoms with Gasteiger partial charge in [0.1, 0.15) is 22.8 Å². The first-order chi connectivity index (χ1) is 20.5. The number of hydrogen-bond acceptors (Lipinski definition) is 5. The lowest BCUT2D eigenvalue weighted by molar-refractivity contribution is -0.130. The number of carbonyl (C=O) groups is 2. The van der Waals surface area contributed by atoms with E-state index in [1.807, 2.05) is 27.0 Å². The van der Waals surface area contributed by atoms with Crippen molar-refractivity contribution in [2.45, 2.75) is 81.8 Å². The van der Waals surface area contributed by atoms with Gasteiger partial charge in [0.25, 0.3) is 5.91 Å². The fourth-order valence-corrected chi connectivity index (χ4v) is 6.64. The molecule has 1 aromatic carbocycles. The van der Waals surface area contributed by atoms with Gasteiger partial charge in [-0.1, -0.05) is 40.2 Å². The van der Waals surface area contributed by atoms with Gasteiger partial charge in [0.05, 0.1) is 6.20 Å². The van der Waals surface area contributed by atoms with E-state index < -0.39 is 86.7 Å². The fraction of sp³-hybridized carbons (Fsp3) is 0.517. The van der Waals surface area contributed by atoms with Crippen LogP contribution in [0.3, 0.4) is 0 Å². The smallest absolute Gasteiger partial charge is 0.310 e. The number of pyridine rings is 1. The van der Waals surface area contributed by atoms with E-state index in [2.05, 4.69) is 10.3 Å². The molecule has 0 spiro atoms. The van der Waals surface area contributed by atoms with Crippen molar-refractivity contribution < 1.29 is 42.2 Å². The van der Waals surface area contributed by atoms with E-state index in [0.717, 1.165) is 28.3 Å². The zero-order valence-corrected chi connectivity index (χ0v) is 25.4. The summed E-state index contributed by atoms with van der Waals surface area (Å²) in [5, 5.41) is 12.5. The molecule has 45 heavy (non-hydrogen) atoms. The number of anilines is 1. The molecule has 2 aliphatic rings. The zero-order chi connectivity index (χ0) is 33.7. The predicted molar refractivity (Wildman–Crippen MR) is 151 cm³/mol. The van der Waals surface area contributed by atoms with Crippen molar-refractivity contribution in [3.05, 3.63) is 54.1 Å². The molecule has 1 aliphatic carbocycles. The second-order valence-corrected chi connectivity index (χ2v) is 15.1. The summed E-state index contributed by atoms with van der Waals surface area (Å²) < 4.78 is 110. The van der Waals surface area contributed by atoms with Crippen LogP contribution >= 0.6 is 10.2 Å². The number of rotatable bonds is 7.